The number of carbonyl (C=O) groups excluding carboxylic acids is 1. The van der Waals surface area contributed by atoms with Crippen LogP contribution in [0, 0.1) is 12.8 Å². The standard InChI is InChI=1S/C16H23N5O3/c1-10-14(24-9-17-10)15(22)18-12-7-5-4-6-11(12)8-13-19-21(3)16(23)20(13)2/h9,11-12H,4-8H2,1-3H3,(H,18,22)/t11-,12-/m1/s1. The molecule has 24 heavy (non-hydrogen) atoms. The average Bonchev–Trinajstić information content (AvgIpc) is 3.09. The normalized spacial score (nSPS) is 21.0. The first-order valence-corrected chi connectivity index (χ1v) is 8.27. The molecular formula is C16H23N5O3. The summed E-state index contributed by atoms with van der Waals surface area (Å²) >= 11 is 0. The number of carbonyl (C=O) groups is 1. The highest BCUT2D eigenvalue weighted by molar-refractivity contribution is 5.92. The minimum atomic E-state index is -0.225. The minimum Gasteiger partial charge on any atom is -0.438 e. The molecule has 0 aromatic carbocycles. The molecular weight excluding hydrogens is 310 g/mol. The second-order valence-corrected chi connectivity index (χ2v) is 6.48. The van der Waals surface area contributed by atoms with Crippen LogP contribution >= 0.6 is 0 Å². The molecule has 1 amide bonds. The van der Waals surface area contributed by atoms with Crippen molar-refractivity contribution in [2.75, 3.05) is 0 Å². The minimum absolute atomic E-state index is 0.0489. The van der Waals surface area contributed by atoms with Crippen molar-refractivity contribution in [3.8, 4) is 0 Å². The van der Waals surface area contributed by atoms with E-state index in [1.165, 1.54) is 11.1 Å². The molecule has 1 aliphatic rings. The van der Waals surface area contributed by atoms with E-state index in [1.807, 2.05) is 0 Å². The molecule has 3 rings (SSSR count). The van der Waals surface area contributed by atoms with E-state index >= 15 is 0 Å². The van der Waals surface area contributed by atoms with Crippen molar-refractivity contribution < 1.29 is 9.21 Å². The molecule has 2 aromatic heterocycles. The Labute approximate surface area is 139 Å². The van der Waals surface area contributed by atoms with Crippen LogP contribution in [0.5, 0.6) is 0 Å². The maximum atomic E-state index is 12.4. The predicted molar refractivity (Wildman–Crippen MR) is 86.6 cm³/mol. The molecule has 0 unspecified atom stereocenters. The Kier molecular flexibility index (Phi) is 4.55. The molecule has 0 saturated heterocycles. The van der Waals surface area contributed by atoms with E-state index in [-0.39, 0.29) is 29.3 Å². The number of hydrogen-bond acceptors (Lipinski definition) is 5. The first-order chi connectivity index (χ1) is 11.5. The van der Waals surface area contributed by atoms with E-state index in [4.69, 9.17) is 4.42 Å². The van der Waals surface area contributed by atoms with Crippen LogP contribution in [0.4, 0.5) is 0 Å². The van der Waals surface area contributed by atoms with Crippen molar-refractivity contribution in [3.05, 3.63) is 34.2 Å². The molecule has 1 saturated carbocycles. The summed E-state index contributed by atoms with van der Waals surface area (Å²) in [6.07, 6.45) is 6.09. The smallest absolute Gasteiger partial charge is 0.345 e. The topological polar surface area (TPSA) is 95.0 Å². The van der Waals surface area contributed by atoms with Gasteiger partial charge in [0.25, 0.3) is 5.91 Å². The molecule has 2 heterocycles. The van der Waals surface area contributed by atoms with E-state index in [9.17, 15) is 9.59 Å². The highest BCUT2D eigenvalue weighted by atomic mass is 16.3. The summed E-state index contributed by atoms with van der Waals surface area (Å²) in [6, 6.07) is 0.0489. The molecule has 8 heteroatoms. The number of aryl methyl sites for hydroxylation is 2. The fourth-order valence-electron chi connectivity index (χ4n) is 3.42. The summed E-state index contributed by atoms with van der Waals surface area (Å²) < 4.78 is 8.10. The summed E-state index contributed by atoms with van der Waals surface area (Å²) in [4.78, 5) is 28.2. The monoisotopic (exact) mass is 333 g/mol. The van der Waals surface area contributed by atoms with Crippen molar-refractivity contribution in [3.63, 3.8) is 0 Å². The molecule has 8 nitrogen and oxygen atoms in total. The number of nitrogens with one attached hydrogen (secondary N) is 1. The average molecular weight is 333 g/mol. The van der Waals surface area contributed by atoms with Crippen LogP contribution in [0.1, 0.15) is 47.8 Å². The van der Waals surface area contributed by atoms with Gasteiger partial charge in [-0.3, -0.25) is 9.36 Å². The van der Waals surface area contributed by atoms with E-state index in [0.29, 0.717) is 12.1 Å². The molecule has 1 fully saturated rings. The van der Waals surface area contributed by atoms with Crippen LogP contribution in [0.3, 0.4) is 0 Å². The second-order valence-electron chi connectivity index (χ2n) is 6.48. The quantitative estimate of drug-likeness (QED) is 0.899. The summed E-state index contributed by atoms with van der Waals surface area (Å²) in [5.74, 6) is 1.05. The zero-order valence-corrected chi connectivity index (χ0v) is 14.3. The summed E-state index contributed by atoms with van der Waals surface area (Å²) in [6.45, 7) is 1.75. The van der Waals surface area contributed by atoms with Crippen molar-refractivity contribution in [1.82, 2.24) is 24.6 Å². The van der Waals surface area contributed by atoms with Gasteiger partial charge in [0.1, 0.15) is 5.82 Å². The Hall–Kier alpha value is -2.38. The Bertz CT molecular complexity index is 788. The number of oxazole rings is 1. The number of amides is 1. The zero-order chi connectivity index (χ0) is 17.3. The number of rotatable bonds is 4. The molecule has 1 aliphatic carbocycles. The maximum Gasteiger partial charge on any atom is 0.345 e. The third-order valence-electron chi connectivity index (χ3n) is 4.84. The Balaban J connectivity index is 1.73. The van der Waals surface area contributed by atoms with Gasteiger partial charge in [-0.2, -0.15) is 5.10 Å². The van der Waals surface area contributed by atoms with Gasteiger partial charge >= 0.3 is 5.69 Å². The molecule has 0 bridgehead atoms. The Morgan fingerprint density at radius 1 is 1.38 bits per heavy atom. The van der Waals surface area contributed by atoms with Gasteiger partial charge in [0.05, 0.1) is 5.69 Å². The lowest BCUT2D eigenvalue weighted by Gasteiger charge is -2.31. The lowest BCUT2D eigenvalue weighted by Crippen LogP contribution is -2.43. The van der Waals surface area contributed by atoms with Gasteiger partial charge in [-0.1, -0.05) is 12.8 Å². The van der Waals surface area contributed by atoms with Gasteiger partial charge in [-0.05, 0) is 25.7 Å². The SMILES string of the molecule is Cc1ncoc1C(=O)N[C@@H]1CCCC[C@@H]1Cc1nn(C)c(=O)n1C. The summed E-state index contributed by atoms with van der Waals surface area (Å²) in [5.41, 5.74) is 0.464. The summed E-state index contributed by atoms with van der Waals surface area (Å²) in [5, 5.41) is 7.39. The highest BCUT2D eigenvalue weighted by Crippen LogP contribution is 2.27. The number of hydrogen-bond donors (Lipinski definition) is 1. The van der Waals surface area contributed by atoms with Crippen LogP contribution in [0.2, 0.25) is 0 Å². The molecule has 0 spiro atoms. The van der Waals surface area contributed by atoms with E-state index in [1.54, 1.807) is 25.6 Å². The maximum absolute atomic E-state index is 12.4. The largest absolute Gasteiger partial charge is 0.438 e. The zero-order valence-electron chi connectivity index (χ0n) is 14.3. The van der Waals surface area contributed by atoms with Crippen LogP contribution in [-0.2, 0) is 20.5 Å². The van der Waals surface area contributed by atoms with Crippen LogP contribution < -0.4 is 11.0 Å². The highest BCUT2D eigenvalue weighted by Gasteiger charge is 2.29. The predicted octanol–water partition coefficient (Wildman–Crippen LogP) is 0.947. The van der Waals surface area contributed by atoms with E-state index in [2.05, 4.69) is 15.4 Å². The van der Waals surface area contributed by atoms with Gasteiger partial charge in [-0.15, -0.1) is 0 Å². The van der Waals surface area contributed by atoms with E-state index < -0.39 is 0 Å². The lowest BCUT2D eigenvalue weighted by atomic mass is 9.82. The fraction of sp³-hybridized carbons (Fsp3) is 0.625. The van der Waals surface area contributed by atoms with Crippen LogP contribution in [0.15, 0.2) is 15.6 Å². The van der Waals surface area contributed by atoms with E-state index in [0.717, 1.165) is 31.5 Å². The molecule has 0 aliphatic heterocycles. The first-order valence-electron chi connectivity index (χ1n) is 8.27. The van der Waals surface area contributed by atoms with Crippen molar-refractivity contribution in [2.24, 2.45) is 20.0 Å². The molecule has 0 radical (unpaired) electrons. The van der Waals surface area contributed by atoms with Crippen molar-refractivity contribution >= 4 is 5.91 Å². The van der Waals surface area contributed by atoms with Crippen molar-refractivity contribution in [2.45, 2.75) is 45.1 Å². The third kappa shape index (κ3) is 3.13. The fourth-order valence-corrected chi connectivity index (χ4v) is 3.42. The van der Waals surface area contributed by atoms with Crippen LogP contribution in [0.25, 0.3) is 0 Å². The third-order valence-corrected chi connectivity index (χ3v) is 4.84. The molecule has 2 atom stereocenters. The van der Waals surface area contributed by atoms with Crippen LogP contribution in [-0.4, -0.2) is 31.3 Å². The number of nitrogens with zero attached hydrogens (tertiary/aromatic N) is 4. The second kappa shape index (κ2) is 6.62. The van der Waals surface area contributed by atoms with Gasteiger partial charge in [-0.25, -0.2) is 14.5 Å². The Morgan fingerprint density at radius 3 is 2.75 bits per heavy atom. The van der Waals surface area contributed by atoms with Gasteiger partial charge in [0, 0.05) is 26.6 Å². The Morgan fingerprint density at radius 2 is 2.12 bits per heavy atom. The molecule has 1 N–H and O–H groups in total. The molecule has 130 valence electrons. The van der Waals surface area contributed by atoms with Gasteiger partial charge in [0.2, 0.25) is 5.76 Å². The first kappa shape index (κ1) is 16.5. The van der Waals surface area contributed by atoms with Crippen molar-refractivity contribution in [1.29, 1.82) is 0 Å². The van der Waals surface area contributed by atoms with Gasteiger partial charge < -0.3 is 9.73 Å². The van der Waals surface area contributed by atoms with Gasteiger partial charge in [0.15, 0.2) is 6.39 Å². The number of aromatic nitrogens is 4. The lowest BCUT2D eigenvalue weighted by molar-refractivity contribution is 0.0875. The summed E-state index contributed by atoms with van der Waals surface area (Å²) in [7, 11) is 3.39. The molecule has 2 aromatic rings.